The molecule has 0 aliphatic carbocycles. The highest BCUT2D eigenvalue weighted by atomic mass is 16.6. The topological polar surface area (TPSA) is 55.2 Å². The van der Waals surface area contributed by atoms with Crippen LogP contribution in [0.2, 0.25) is 0 Å². The monoisotopic (exact) mass is 206 g/mol. The number of para-hydroxylation sites is 1. The van der Waals surface area contributed by atoms with Gasteiger partial charge in [0.1, 0.15) is 5.69 Å². The summed E-state index contributed by atoms with van der Waals surface area (Å²) < 4.78 is 0. The van der Waals surface area contributed by atoms with Gasteiger partial charge in [-0.2, -0.15) is 0 Å². The van der Waals surface area contributed by atoms with Crippen LogP contribution in [0.1, 0.15) is 12.5 Å². The van der Waals surface area contributed by atoms with Crippen molar-refractivity contribution < 1.29 is 4.92 Å². The van der Waals surface area contributed by atoms with E-state index in [1.54, 1.807) is 31.2 Å². The molecule has 0 spiro atoms. The van der Waals surface area contributed by atoms with Crippen molar-refractivity contribution in [1.82, 2.24) is 0 Å². The molecule has 0 radical (unpaired) electrons. The van der Waals surface area contributed by atoms with Gasteiger partial charge >= 0.3 is 0 Å². The number of nitro groups is 1. The number of benzene rings is 1. The van der Waals surface area contributed by atoms with E-state index in [0.29, 0.717) is 11.3 Å². The summed E-state index contributed by atoms with van der Waals surface area (Å²) in [6.07, 6.45) is 1.70. The van der Waals surface area contributed by atoms with E-state index in [1.165, 1.54) is 0 Å². The lowest BCUT2D eigenvalue weighted by Gasteiger charge is -2.11. The minimum absolute atomic E-state index is 0.00509. The van der Waals surface area contributed by atoms with Gasteiger partial charge in [-0.25, -0.2) is 0 Å². The largest absolute Gasteiger partial charge is 0.374 e. The summed E-state index contributed by atoms with van der Waals surface area (Å²) in [7, 11) is 0. The smallest absolute Gasteiger partial charge is 0.295 e. The van der Waals surface area contributed by atoms with E-state index in [4.69, 9.17) is 0 Å². The second-order valence-corrected chi connectivity index (χ2v) is 3.40. The fourth-order valence-corrected chi connectivity index (χ4v) is 1.32. The SMILES string of the molecule is C=CC(C)Nc1cccc(C)c1[N+](=O)[O-]. The molecule has 0 saturated heterocycles. The first-order chi connectivity index (χ1) is 7.06. The average molecular weight is 206 g/mol. The Bertz CT molecular complexity index is 388. The van der Waals surface area contributed by atoms with E-state index in [0.717, 1.165) is 0 Å². The fraction of sp³-hybridized carbons (Fsp3) is 0.273. The third-order valence-corrected chi connectivity index (χ3v) is 2.16. The molecule has 1 N–H and O–H groups in total. The Labute approximate surface area is 88.8 Å². The summed E-state index contributed by atoms with van der Waals surface area (Å²) in [4.78, 5) is 10.5. The van der Waals surface area contributed by atoms with Crippen LogP contribution in [-0.2, 0) is 0 Å². The maximum absolute atomic E-state index is 10.9. The standard InChI is InChI=1S/C11H14N2O2/c1-4-9(3)12-10-7-5-6-8(2)11(10)13(14)15/h4-7,9,12H,1H2,2-3H3. The maximum Gasteiger partial charge on any atom is 0.295 e. The number of hydrogen-bond donors (Lipinski definition) is 1. The van der Waals surface area contributed by atoms with Crippen molar-refractivity contribution >= 4 is 11.4 Å². The zero-order chi connectivity index (χ0) is 11.4. The van der Waals surface area contributed by atoms with Crippen molar-refractivity contribution in [3.8, 4) is 0 Å². The maximum atomic E-state index is 10.9. The Morgan fingerprint density at radius 1 is 1.60 bits per heavy atom. The van der Waals surface area contributed by atoms with Gasteiger partial charge in [0.2, 0.25) is 0 Å². The zero-order valence-electron chi connectivity index (χ0n) is 8.86. The minimum atomic E-state index is -0.368. The Morgan fingerprint density at radius 2 is 2.27 bits per heavy atom. The highest BCUT2D eigenvalue weighted by Gasteiger charge is 2.16. The number of rotatable bonds is 4. The van der Waals surface area contributed by atoms with E-state index < -0.39 is 0 Å². The summed E-state index contributed by atoms with van der Waals surface area (Å²) in [5.41, 5.74) is 1.32. The first kappa shape index (κ1) is 11.2. The molecule has 1 aromatic rings. The Kier molecular flexibility index (Phi) is 3.44. The van der Waals surface area contributed by atoms with Crippen molar-refractivity contribution in [2.24, 2.45) is 0 Å². The first-order valence-corrected chi connectivity index (χ1v) is 4.69. The third-order valence-electron chi connectivity index (χ3n) is 2.16. The molecule has 0 fully saturated rings. The Hall–Kier alpha value is -1.84. The Morgan fingerprint density at radius 3 is 2.80 bits per heavy atom. The third kappa shape index (κ3) is 2.56. The van der Waals surface area contributed by atoms with Crippen molar-refractivity contribution in [1.29, 1.82) is 0 Å². The van der Waals surface area contributed by atoms with Crippen molar-refractivity contribution in [2.45, 2.75) is 19.9 Å². The second kappa shape index (κ2) is 4.59. The van der Waals surface area contributed by atoms with E-state index in [-0.39, 0.29) is 16.7 Å². The highest BCUT2D eigenvalue weighted by Crippen LogP contribution is 2.28. The van der Waals surface area contributed by atoms with Gasteiger partial charge in [-0.15, -0.1) is 6.58 Å². The normalized spacial score (nSPS) is 11.9. The van der Waals surface area contributed by atoms with Crippen LogP contribution in [0.4, 0.5) is 11.4 Å². The molecule has 1 unspecified atom stereocenters. The molecule has 0 aromatic heterocycles. The summed E-state index contributed by atoms with van der Waals surface area (Å²) in [5.74, 6) is 0. The van der Waals surface area contributed by atoms with Gasteiger partial charge in [-0.05, 0) is 19.9 Å². The molecule has 1 atom stereocenters. The van der Waals surface area contributed by atoms with Crippen LogP contribution in [0, 0.1) is 17.0 Å². The number of nitro benzene ring substituents is 1. The van der Waals surface area contributed by atoms with Crippen molar-refractivity contribution in [3.63, 3.8) is 0 Å². The molecular weight excluding hydrogens is 192 g/mol. The van der Waals surface area contributed by atoms with Crippen LogP contribution >= 0.6 is 0 Å². The predicted molar refractivity (Wildman–Crippen MR) is 61.1 cm³/mol. The number of nitrogens with zero attached hydrogens (tertiary/aromatic N) is 1. The quantitative estimate of drug-likeness (QED) is 0.468. The second-order valence-electron chi connectivity index (χ2n) is 3.40. The molecule has 0 amide bonds. The van der Waals surface area contributed by atoms with Crippen LogP contribution in [0.15, 0.2) is 30.9 Å². The van der Waals surface area contributed by atoms with Crippen molar-refractivity contribution in [3.05, 3.63) is 46.5 Å². The number of hydrogen-bond acceptors (Lipinski definition) is 3. The molecule has 0 saturated carbocycles. The van der Waals surface area contributed by atoms with E-state index in [1.807, 2.05) is 6.92 Å². The van der Waals surface area contributed by atoms with Crippen molar-refractivity contribution in [2.75, 3.05) is 5.32 Å². The lowest BCUT2D eigenvalue weighted by molar-refractivity contribution is -0.384. The van der Waals surface area contributed by atoms with Gasteiger partial charge in [0.25, 0.3) is 5.69 Å². The van der Waals surface area contributed by atoms with Crippen LogP contribution in [0.5, 0.6) is 0 Å². The molecular formula is C11H14N2O2. The zero-order valence-corrected chi connectivity index (χ0v) is 8.86. The van der Waals surface area contributed by atoms with E-state index >= 15 is 0 Å². The molecule has 0 bridgehead atoms. The lowest BCUT2D eigenvalue weighted by Crippen LogP contribution is -2.12. The van der Waals surface area contributed by atoms with Gasteiger partial charge in [-0.1, -0.05) is 18.2 Å². The molecule has 80 valence electrons. The summed E-state index contributed by atoms with van der Waals surface area (Å²) in [5, 5.41) is 13.9. The average Bonchev–Trinajstić information content (AvgIpc) is 2.17. The molecule has 0 aliphatic heterocycles. The van der Waals surface area contributed by atoms with Crippen LogP contribution in [0.3, 0.4) is 0 Å². The van der Waals surface area contributed by atoms with Gasteiger partial charge in [0.05, 0.1) is 4.92 Å². The number of anilines is 1. The lowest BCUT2D eigenvalue weighted by atomic mass is 10.1. The molecule has 1 aromatic carbocycles. The van der Waals surface area contributed by atoms with Crippen LogP contribution < -0.4 is 5.32 Å². The highest BCUT2D eigenvalue weighted by molar-refractivity contribution is 5.65. The number of nitrogens with one attached hydrogen (secondary N) is 1. The Balaban J connectivity index is 3.11. The van der Waals surface area contributed by atoms with Gasteiger partial charge in [-0.3, -0.25) is 10.1 Å². The van der Waals surface area contributed by atoms with Gasteiger partial charge in [0.15, 0.2) is 0 Å². The molecule has 4 heteroatoms. The van der Waals surface area contributed by atoms with Crippen LogP contribution in [-0.4, -0.2) is 11.0 Å². The molecule has 1 rings (SSSR count). The molecule has 15 heavy (non-hydrogen) atoms. The minimum Gasteiger partial charge on any atom is -0.374 e. The molecule has 0 heterocycles. The number of aryl methyl sites for hydroxylation is 1. The summed E-state index contributed by atoms with van der Waals surface area (Å²) in [6.45, 7) is 7.23. The van der Waals surface area contributed by atoms with Crippen LogP contribution in [0.25, 0.3) is 0 Å². The summed E-state index contributed by atoms with van der Waals surface area (Å²) in [6, 6.07) is 5.22. The molecule has 0 aliphatic rings. The van der Waals surface area contributed by atoms with E-state index in [9.17, 15) is 10.1 Å². The first-order valence-electron chi connectivity index (χ1n) is 4.69. The van der Waals surface area contributed by atoms with Gasteiger partial charge in [0, 0.05) is 11.6 Å². The van der Waals surface area contributed by atoms with E-state index in [2.05, 4.69) is 11.9 Å². The summed E-state index contributed by atoms with van der Waals surface area (Å²) >= 11 is 0. The predicted octanol–water partition coefficient (Wildman–Crippen LogP) is 2.89. The van der Waals surface area contributed by atoms with Gasteiger partial charge < -0.3 is 5.32 Å². The molecule has 4 nitrogen and oxygen atoms in total. The fourth-order valence-electron chi connectivity index (χ4n) is 1.32.